The average Bonchev–Trinajstić information content (AvgIpc) is 2.94. The van der Waals surface area contributed by atoms with E-state index in [1.165, 1.54) is 12.3 Å². The molecule has 3 rings (SSSR count). The Labute approximate surface area is 125 Å². The van der Waals surface area contributed by atoms with Gasteiger partial charge in [-0.1, -0.05) is 0 Å². The van der Waals surface area contributed by atoms with Crippen LogP contribution in [0.1, 0.15) is 39.1 Å². The summed E-state index contributed by atoms with van der Waals surface area (Å²) in [4.78, 5) is 27.9. The second-order valence-electron chi connectivity index (χ2n) is 5.19. The fraction of sp³-hybridized carbons (Fsp3) is 0.429. The largest absolute Gasteiger partial charge is 0.338 e. The van der Waals surface area contributed by atoms with Crippen molar-refractivity contribution in [3.8, 4) is 0 Å². The third-order valence-corrected chi connectivity index (χ3v) is 4.63. The van der Waals surface area contributed by atoms with Crippen LogP contribution in [-0.4, -0.2) is 39.1 Å². The first-order chi connectivity index (χ1) is 10.1. The second-order valence-corrected chi connectivity index (χ2v) is 6.40. The molecule has 1 atom stereocenters. The highest BCUT2D eigenvalue weighted by atomic mass is 32.1. The molecule has 0 aromatic carbocycles. The summed E-state index contributed by atoms with van der Waals surface area (Å²) in [7, 11) is 0. The van der Waals surface area contributed by atoms with Crippen molar-refractivity contribution < 1.29 is 4.79 Å². The molecule has 110 valence electrons. The molecule has 7 heteroatoms. The van der Waals surface area contributed by atoms with E-state index in [1.54, 1.807) is 17.4 Å². The maximum atomic E-state index is 12.5. The van der Waals surface area contributed by atoms with E-state index in [9.17, 15) is 9.59 Å². The highest BCUT2D eigenvalue weighted by Crippen LogP contribution is 2.29. The third kappa shape index (κ3) is 3.02. The molecule has 6 nitrogen and oxygen atoms in total. The summed E-state index contributed by atoms with van der Waals surface area (Å²) < 4.78 is 0. The maximum Gasteiger partial charge on any atom is 0.255 e. The van der Waals surface area contributed by atoms with Gasteiger partial charge >= 0.3 is 0 Å². The second kappa shape index (κ2) is 5.77. The van der Waals surface area contributed by atoms with Crippen LogP contribution < -0.4 is 5.56 Å². The van der Waals surface area contributed by atoms with Gasteiger partial charge < -0.3 is 9.88 Å². The zero-order chi connectivity index (χ0) is 14.8. The van der Waals surface area contributed by atoms with Crippen LogP contribution in [0.2, 0.25) is 0 Å². The zero-order valence-corrected chi connectivity index (χ0v) is 12.5. The normalized spacial score (nSPS) is 18.7. The predicted molar refractivity (Wildman–Crippen MR) is 79.6 cm³/mol. The van der Waals surface area contributed by atoms with Gasteiger partial charge in [0.25, 0.3) is 5.91 Å². The van der Waals surface area contributed by atoms with E-state index in [4.69, 9.17) is 0 Å². The van der Waals surface area contributed by atoms with Gasteiger partial charge in [0.2, 0.25) is 5.56 Å². The number of carbonyl (C=O) groups is 1. The number of aryl methyl sites for hydroxylation is 1. The number of nitrogens with zero attached hydrogens (tertiary/aromatic N) is 3. The zero-order valence-electron chi connectivity index (χ0n) is 11.7. The van der Waals surface area contributed by atoms with Gasteiger partial charge in [0.05, 0.1) is 5.56 Å². The first-order valence-corrected chi connectivity index (χ1v) is 7.73. The van der Waals surface area contributed by atoms with Gasteiger partial charge in [-0.25, -0.2) is 0 Å². The van der Waals surface area contributed by atoms with Crippen LogP contribution in [-0.2, 0) is 0 Å². The van der Waals surface area contributed by atoms with E-state index < -0.39 is 0 Å². The summed E-state index contributed by atoms with van der Waals surface area (Å²) >= 11 is 1.60. The minimum Gasteiger partial charge on any atom is -0.338 e. The highest BCUT2D eigenvalue weighted by molar-refractivity contribution is 7.11. The summed E-state index contributed by atoms with van der Waals surface area (Å²) in [6.45, 7) is 3.34. The quantitative estimate of drug-likeness (QED) is 0.913. The molecule has 1 aliphatic rings. The molecule has 1 fully saturated rings. The average molecular weight is 304 g/mol. The van der Waals surface area contributed by atoms with Crippen molar-refractivity contribution in [1.29, 1.82) is 0 Å². The van der Waals surface area contributed by atoms with Gasteiger partial charge in [-0.3, -0.25) is 9.59 Å². The lowest BCUT2D eigenvalue weighted by molar-refractivity contribution is 0.0706. The Kier molecular flexibility index (Phi) is 3.83. The molecule has 2 aromatic rings. The first kappa shape index (κ1) is 13.9. The molecule has 0 saturated carbocycles. The number of carbonyl (C=O) groups excluding carboxylic acids is 1. The fourth-order valence-corrected chi connectivity index (χ4v) is 3.39. The number of aromatic nitrogens is 3. The van der Waals surface area contributed by atoms with Crippen LogP contribution in [0.15, 0.2) is 23.1 Å². The molecule has 1 saturated heterocycles. The summed E-state index contributed by atoms with van der Waals surface area (Å²) in [5.74, 6) is 0.217. The standard InChI is InChI=1S/C14H16N4O2S/c1-9-16-17-13(21-9)11-3-2-6-18(8-11)14(20)10-4-5-12(19)15-7-10/h4-5,7,11H,2-3,6,8H2,1H3,(H,15,19). The molecule has 21 heavy (non-hydrogen) atoms. The minimum absolute atomic E-state index is 0.0443. The van der Waals surface area contributed by atoms with Crippen molar-refractivity contribution in [3.05, 3.63) is 44.3 Å². The monoisotopic (exact) mass is 304 g/mol. The molecule has 1 amide bonds. The van der Waals surface area contributed by atoms with E-state index >= 15 is 0 Å². The topological polar surface area (TPSA) is 79.0 Å². The number of hydrogen-bond acceptors (Lipinski definition) is 5. The molecule has 2 aromatic heterocycles. The van der Waals surface area contributed by atoms with Crippen LogP contribution in [0.5, 0.6) is 0 Å². The molecule has 3 heterocycles. The Bertz CT molecular complexity index is 688. The molecule has 0 bridgehead atoms. The van der Waals surface area contributed by atoms with Gasteiger partial charge in [-0.15, -0.1) is 21.5 Å². The number of hydrogen-bond donors (Lipinski definition) is 1. The van der Waals surface area contributed by atoms with Crippen LogP contribution in [0.4, 0.5) is 0 Å². The van der Waals surface area contributed by atoms with E-state index in [0.717, 1.165) is 29.4 Å². The van der Waals surface area contributed by atoms with Crippen molar-refractivity contribution in [2.45, 2.75) is 25.7 Å². The number of pyridine rings is 1. The summed E-state index contributed by atoms with van der Waals surface area (Å²) in [5, 5.41) is 10.2. The molecule has 1 aliphatic heterocycles. The first-order valence-electron chi connectivity index (χ1n) is 6.91. The van der Waals surface area contributed by atoms with Crippen LogP contribution in [0, 0.1) is 6.92 Å². The number of rotatable bonds is 2. The van der Waals surface area contributed by atoms with Crippen molar-refractivity contribution in [2.24, 2.45) is 0 Å². The van der Waals surface area contributed by atoms with E-state index in [0.29, 0.717) is 12.1 Å². The lowest BCUT2D eigenvalue weighted by Crippen LogP contribution is -2.39. The Morgan fingerprint density at radius 2 is 2.29 bits per heavy atom. The van der Waals surface area contributed by atoms with Crippen molar-refractivity contribution in [2.75, 3.05) is 13.1 Å². The Balaban J connectivity index is 1.75. The van der Waals surface area contributed by atoms with E-state index in [2.05, 4.69) is 15.2 Å². The highest BCUT2D eigenvalue weighted by Gasteiger charge is 2.27. The van der Waals surface area contributed by atoms with E-state index in [-0.39, 0.29) is 17.4 Å². The summed E-state index contributed by atoms with van der Waals surface area (Å²) in [5.41, 5.74) is 0.316. The summed E-state index contributed by atoms with van der Waals surface area (Å²) in [6.07, 6.45) is 3.46. The van der Waals surface area contributed by atoms with Crippen molar-refractivity contribution in [1.82, 2.24) is 20.1 Å². The number of amides is 1. The smallest absolute Gasteiger partial charge is 0.255 e. The van der Waals surface area contributed by atoms with E-state index in [1.807, 2.05) is 11.8 Å². The molecular weight excluding hydrogens is 288 g/mol. The van der Waals surface area contributed by atoms with Crippen molar-refractivity contribution in [3.63, 3.8) is 0 Å². The third-order valence-electron chi connectivity index (χ3n) is 3.63. The number of piperidine rings is 1. The van der Waals surface area contributed by atoms with Crippen molar-refractivity contribution >= 4 is 17.2 Å². The van der Waals surface area contributed by atoms with Gasteiger partial charge in [0, 0.05) is 31.3 Å². The van der Waals surface area contributed by atoms with Gasteiger partial charge in [0.15, 0.2) is 0 Å². The molecular formula is C14H16N4O2S. The lowest BCUT2D eigenvalue weighted by atomic mass is 9.98. The molecule has 0 spiro atoms. The number of aromatic amines is 1. The van der Waals surface area contributed by atoms with Crippen LogP contribution in [0.3, 0.4) is 0 Å². The molecule has 1 unspecified atom stereocenters. The molecule has 0 aliphatic carbocycles. The molecule has 0 radical (unpaired) electrons. The fourth-order valence-electron chi connectivity index (χ4n) is 2.57. The number of H-pyrrole nitrogens is 1. The SMILES string of the molecule is Cc1nnc(C2CCCN(C(=O)c3ccc(=O)[nH]c3)C2)s1. The summed E-state index contributed by atoms with van der Waals surface area (Å²) in [6, 6.07) is 2.95. The Morgan fingerprint density at radius 1 is 1.43 bits per heavy atom. The Morgan fingerprint density at radius 3 is 2.95 bits per heavy atom. The lowest BCUT2D eigenvalue weighted by Gasteiger charge is -2.31. The number of nitrogens with one attached hydrogen (secondary N) is 1. The van der Waals surface area contributed by atoms with Gasteiger partial charge in [0.1, 0.15) is 10.0 Å². The predicted octanol–water partition coefficient (Wildman–Crippen LogP) is 1.55. The maximum absolute atomic E-state index is 12.5. The van der Waals surface area contributed by atoms with Crippen LogP contribution >= 0.6 is 11.3 Å². The minimum atomic E-state index is -0.201. The Hall–Kier alpha value is -2.02. The van der Waals surface area contributed by atoms with Crippen LogP contribution in [0.25, 0.3) is 0 Å². The molecule has 1 N–H and O–H groups in total. The number of likely N-dealkylation sites (tertiary alicyclic amines) is 1. The van der Waals surface area contributed by atoms with Gasteiger partial charge in [-0.05, 0) is 25.8 Å². The van der Waals surface area contributed by atoms with Gasteiger partial charge in [-0.2, -0.15) is 0 Å².